The normalized spacial score (nSPS) is 11.3. The molecule has 0 aliphatic carbocycles. The summed E-state index contributed by atoms with van der Waals surface area (Å²) in [6.45, 7) is 4.56. The van der Waals surface area contributed by atoms with Crippen molar-refractivity contribution in [2.24, 2.45) is 0 Å². The highest BCUT2D eigenvalue weighted by atomic mass is 32.2. The Balaban J connectivity index is 1.56. The number of carbonyl (C=O) groups excluding carboxylic acids is 1. The number of rotatable bonds is 7. The average Bonchev–Trinajstić information content (AvgIpc) is 3.22. The maximum absolute atomic E-state index is 12.2. The third-order valence-electron chi connectivity index (χ3n) is 3.55. The number of thiophene rings is 1. The molecule has 3 rings (SSSR count). The van der Waals surface area contributed by atoms with E-state index in [9.17, 15) is 9.59 Å². The van der Waals surface area contributed by atoms with Gasteiger partial charge in [-0.25, -0.2) is 4.98 Å². The van der Waals surface area contributed by atoms with E-state index in [-0.39, 0.29) is 11.5 Å². The number of thioether (sulfide) groups is 1. The van der Waals surface area contributed by atoms with E-state index in [2.05, 4.69) is 29.1 Å². The molecule has 0 aromatic carbocycles. The molecule has 0 atom stereocenters. The summed E-state index contributed by atoms with van der Waals surface area (Å²) >= 11 is 2.96. The van der Waals surface area contributed by atoms with Gasteiger partial charge in [-0.15, -0.1) is 23.1 Å². The van der Waals surface area contributed by atoms with E-state index in [1.54, 1.807) is 23.7 Å². The minimum atomic E-state index is -0.119. The monoisotopic (exact) mass is 377 g/mol. The molecule has 3 aromatic heterocycles. The first kappa shape index (κ1) is 17.8. The number of nitrogens with one attached hydrogen (secondary N) is 2. The third-order valence-corrected chi connectivity index (χ3v) is 5.82. The van der Waals surface area contributed by atoms with Crippen LogP contribution < -0.4 is 10.9 Å². The first-order valence-electron chi connectivity index (χ1n) is 7.92. The lowest BCUT2D eigenvalue weighted by molar-refractivity contribution is -0.118. The van der Waals surface area contributed by atoms with Crippen LogP contribution in [0.15, 0.2) is 33.7 Å². The Kier molecular flexibility index (Phi) is 5.60. The molecule has 0 saturated heterocycles. The Labute approximate surface area is 153 Å². The summed E-state index contributed by atoms with van der Waals surface area (Å²) in [5.41, 5.74) is -0.119. The Hall–Kier alpha value is -2.06. The van der Waals surface area contributed by atoms with Crippen LogP contribution in [0, 0.1) is 0 Å². The maximum atomic E-state index is 12.2. The number of nitrogens with zero attached hydrogens (tertiary/aromatic N) is 1. The van der Waals surface area contributed by atoms with E-state index in [4.69, 9.17) is 4.42 Å². The van der Waals surface area contributed by atoms with Crippen LogP contribution in [-0.2, 0) is 17.1 Å². The van der Waals surface area contributed by atoms with E-state index in [1.807, 2.05) is 12.1 Å². The summed E-state index contributed by atoms with van der Waals surface area (Å²) in [4.78, 5) is 33.2. The molecule has 3 heterocycles. The van der Waals surface area contributed by atoms with Gasteiger partial charge in [-0.3, -0.25) is 9.59 Å². The highest BCUT2D eigenvalue weighted by Gasteiger charge is 2.11. The van der Waals surface area contributed by atoms with Crippen molar-refractivity contribution in [3.05, 3.63) is 51.3 Å². The molecule has 2 N–H and O–H groups in total. The van der Waals surface area contributed by atoms with Gasteiger partial charge in [0.05, 0.1) is 29.7 Å². The fourth-order valence-electron chi connectivity index (χ4n) is 2.24. The first-order valence-corrected chi connectivity index (χ1v) is 9.89. The second-order valence-electron chi connectivity index (χ2n) is 5.88. The van der Waals surface area contributed by atoms with E-state index < -0.39 is 0 Å². The molecule has 0 bridgehead atoms. The standard InChI is InChI=1S/C17H19N3O3S2/c1-10(2)13-6-12-16(22)19-14(20-17(12)25-13)8-24-9-15(21)18-7-11-4-3-5-23-11/h3-6,10H,7-9H2,1-2H3,(H,18,21)(H,19,20,22). The summed E-state index contributed by atoms with van der Waals surface area (Å²) in [5.74, 6) is 2.38. The van der Waals surface area contributed by atoms with Crippen molar-refractivity contribution in [3.63, 3.8) is 0 Å². The summed E-state index contributed by atoms with van der Waals surface area (Å²) < 4.78 is 5.16. The van der Waals surface area contributed by atoms with Crippen LogP contribution in [0.5, 0.6) is 0 Å². The number of amides is 1. The number of hydrogen-bond donors (Lipinski definition) is 2. The van der Waals surface area contributed by atoms with Crippen molar-refractivity contribution in [2.75, 3.05) is 5.75 Å². The minimum Gasteiger partial charge on any atom is -0.467 e. The molecule has 132 valence electrons. The largest absolute Gasteiger partial charge is 0.467 e. The number of aromatic nitrogens is 2. The molecule has 0 aliphatic heterocycles. The zero-order valence-electron chi connectivity index (χ0n) is 14.0. The molecule has 0 radical (unpaired) electrons. The number of H-pyrrole nitrogens is 1. The molecule has 6 nitrogen and oxygen atoms in total. The van der Waals surface area contributed by atoms with Gasteiger partial charge in [-0.1, -0.05) is 13.8 Å². The summed E-state index contributed by atoms with van der Waals surface area (Å²) in [6.07, 6.45) is 1.57. The Morgan fingerprint density at radius 2 is 2.32 bits per heavy atom. The van der Waals surface area contributed by atoms with Crippen LogP contribution in [0.1, 0.15) is 36.2 Å². The van der Waals surface area contributed by atoms with Gasteiger partial charge in [0, 0.05) is 4.88 Å². The SMILES string of the molecule is CC(C)c1cc2c(=O)[nH]c(CSCC(=O)NCc3ccco3)nc2s1. The molecular formula is C17H19N3O3S2. The van der Waals surface area contributed by atoms with E-state index >= 15 is 0 Å². The van der Waals surface area contributed by atoms with Gasteiger partial charge in [-0.05, 0) is 24.1 Å². The van der Waals surface area contributed by atoms with Gasteiger partial charge in [0.15, 0.2) is 0 Å². The smallest absolute Gasteiger partial charge is 0.259 e. The van der Waals surface area contributed by atoms with Gasteiger partial charge in [-0.2, -0.15) is 0 Å². The summed E-state index contributed by atoms with van der Waals surface area (Å²) in [7, 11) is 0. The van der Waals surface area contributed by atoms with Crippen LogP contribution >= 0.6 is 23.1 Å². The highest BCUT2D eigenvalue weighted by Crippen LogP contribution is 2.27. The molecule has 0 saturated carbocycles. The van der Waals surface area contributed by atoms with Crippen molar-refractivity contribution in [3.8, 4) is 0 Å². The van der Waals surface area contributed by atoms with Crippen molar-refractivity contribution < 1.29 is 9.21 Å². The lowest BCUT2D eigenvalue weighted by Gasteiger charge is -2.03. The molecule has 8 heteroatoms. The van der Waals surface area contributed by atoms with Gasteiger partial charge in [0.2, 0.25) is 5.91 Å². The quantitative estimate of drug-likeness (QED) is 0.660. The molecule has 25 heavy (non-hydrogen) atoms. The fourth-order valence-corrected chi connectivity index (χ4v) is 4.01. The van der Waals surface area contributed by atoms with Crippen molar-refractivity contribution >= 4 is 39.2 Å². The molecule has 0 aliphatic rings. The third kappa shape index (κ3) is 4.52. The minimum absolute atomic E-state index is 0.0805. The van der Waals surface area contributed by atoms with Crippen LogP contribution in [0.3, 0.4) is 0 Å². The number of hydrogen-bond acceptors (Lipinski definition) is 6. The number of fused-ring (bicyclic) bond motifs is 1. The number of aromatic amines is 1. The Bertz CT molecular complexity index is 913. The fraction of sp³-hybridized carbons (Fsp3) is 0.353. The summed E-state index contributed by atoms with van der Waals surface area (Å²) in [6, 6.07) is 5.50. The van der Waals surface area contributed by atoms with Crippen LogP contribution in [0.2, 0.25) is 0 Å². The highest BCUT2D eigenvalue weighted by molar-refractivity contribution is 7.99. The molecule has 1 amide bonds. The second-order valence-corrected chi connectivity index (χ2v) is 7.93. The predicted octanol–water partition coefficient (Wildman–Crippen LogP) is 3.25. The van der Waals surface area contributed by atoms with Crippen LogP contribution in [-0.4, -0.2) is 21.6 Å². The van der Waals surface area contributed by atoms with Gasteiger partial charge in [0.25, 0.3) is 5.56 Å². The van der Waals surface area contributed by atoms with Crippen molar-refractivity contribution in [2.45, 2.75) is 32.1 Å². The zero-order chi connectivity index (χ0) is 17.8. The first-order chi connectivity index (χ1) is 12.0. The second kappa shape index (κ2) is 7.88. The zero-order valence-corrected chi connectivity index (χ0v) is 15.6. The topological polar surface area (TPSA) is 88.0 Å². The molecule has 0 unspecified atom stereocenters. The van der Waals surface area contributed by atoms with Gasteiger partial charge < -0.3 is 14.7 Å². The van der Waals surface area contributed by atoms with Crippen LogP contribution in [0.25, 0.3) is 10.2 Å². The molecular weight excluding hydrogens is 358 g/mol. The van der Waals surface area contributed by atoms with Gasteiger partial charge >= 0.3 is 0 Å². The van der Waals surface area contributed by atoms with E-state index in [0.717, 1.165) is 9.71 Å². The lowest BCUT2D eigenvalue weighted by Crippen LogP contribution is -2.24. The predicted molar refractivity (Wildman–Crippen MR) is 101 cm³/mol. The van der Waals surface area contributed by atoms with Crippen molar-refractivity contribution in [1.29, 1.82) is 0 Å². The molecule has 0 spiro atoms. The lowest BCUT2D eigenvalue weighted by atomic mass is 10.2. The Morgan fingerprint density at radius 3 is 3.04 bits per heavy atom. The van der Waals surface area contributed by atoms with E-state index in [1.165, 1.54) is 11.8 Å². The van der Waals surface area contributed by atoms with E-state index in [0.29, 0.717) is 40.9 Å². The number of carbonyl (C=O) groups is 1. The van der Waals surface area contributed by atoms with Crippen LogP contribution in [0.4, 0.5) is 0 Å². The number of furan rings is 1. The molecule has 0 fully saturated rings. The Morgan fingerprint density at radius 1 is 1.48 bits per heavy atom. The molecule has 3 aromatic rings. The van der Waals surface area contributed by atoms with Gasteiger partial charge in [0.1, 0.15) is 16.4 Å². The summed E-state index contributed by atoms with van der Waals surface area (Å²) in [5, 5.41) is 3.42. The van der Waals surface area contributed by atoms with Crippen molar-refractivity contribution in [1.82, 2.24) is 15.3 Å². The maximum Gasteiger partial charge on any atom is 0.259 e. The average molecular weight is 377 g/mol.